The van der Waals surface area contributed by atoms with Crippen LogP contribution in [0.4, 0.5) is 0 Å². The van der Waals surface area contributed by atoms with Gasteiger partial charge in [0.1, 0.15) is 0 Å². The van der Waals surface area contributed by atoms with Crippen LogP contribution >= 0.6 is 0 Å². The van der Waals surface area contributed by atoms with Crippen LogP contribution in [0.25, 0.3) is 0 Å². The fourth-order valence-electron chi connectivity index (χ4n) is 2.09. The number of nitrogens with zero attached hydrogens (tertiary/aromatic N) is 1. The van der Waals surface area contributed by atoms with Crippen LogP contribution in [0.15, 0.2) is 24.5 Å². The zero-order chi connectivity index (χ0) is 9.31. The topological polar surface area (TPSA) is 24.9 Å². The number of nitrogens with one attached hydrogen (secondary N) is 1. The monoisotopic (exact) mass is 176 g/mol. The quantitative estimate of drug-likeness (QED) is 0.705. The Kier molecular flexibility index (Phi) is 2.08. The predicted octanol–water partition coefficient (Wildman–Crippen LogP) is 1.79. The second-order valence-corrected chi connectivity index (χ2v) is 4.46. The molecule has 1 aliphatic rings. The van der Waals surface area contributed by atoms with Gasteiger partial charge in [0.25, 0.3) is 0 Å². The van der Waals surface area contributed by atoms with Gasteiger partial charge in [0.15, 0.2) is 0 Å². The Balaban J connectivity index is 2.27. The van der Waals surface area contributed by atoms with Gasteiger partial charge in [0.2, 0.25) is 0 Å². The van der Waals surface area contributed by atoms with E-state index in [2.05, 4.69) is 30.2 Å². The van der Waals surface area contributed by atoms with Crippen LogP contribution < -0.4 is 5.32 Å². The van der Waals surface area contributed by atoms with Crippen LogP contribution in [0.5, 0.6) is 0 Å². The number of hydrogen-bond acceptors (Lipinski definition) is 2. The summed E-state index contributed by atoms with van der Waals surface area (Å²) < 4.78 is 0. The molecule has 1 aliphatic heterocycles. The Labute approximate surface area is 79.4 Å². The molecule has 0 radical (unpaired) electrons. The maximum atomic E-state index is 4.17. The van der Waals surface area contributed by atoms with Crippen LogP contribution in [0.2, 0.25) is 0 Å². The van der Waals surface area contributed by atoms with Gasteiger partial charge in [-0.25, -0.2) is 0 Å². The molecule has 1 saturated heterocycles. The third-order valence-corrected chi connectivity index (χ3v) is 2.96. The highest BCUT2D eigenvalue weighted by Crippen LogP contribution is 2.37. The Morgan fingerprint density at radius 1 is 1.54 bits per heavy atom. The summed E-state index contributed by atoms with van der Waals surface area (Å²) in [4.78, 5) is 4.17. The van der Waals surface area contributed by atoms with Gasteiger partial charge in [-0.15, -0.1) is 0 Å². The van der Waals surface area contributed by atoms with E-state index >= 15 is 0 Å². The Bertz CT molecular complexity index is 279. The lowest BCUT2D eigenvalue weighted by atomic mass is 9.78. The summed E-state index contributed by atoms with van der Waals surface area (Å²) >= 11 is 0. The van der Waals surface area contributed by atoms with Gasteiger partial charge in [-0.1, -0.05) is 19.9 Å². The van der Waals surface area contributed by atoms with Gasteiger partial charge in [0, 0.05) is 31.4 Å². The van der Waals surface area contributed by atoms with E-state index < -0.39 is 0 Å². The lowest BCUT2D eigenvalue weighted by Crippen LogP contribution is -2.20. The van der Waals surface area contributed by atoms with Crippen LogP contribution in [-0.2, 0) is 0 Å². The molecule has 1 unspecified atom stereocenters. The molecule has 2 heteroatoms. The van der Waals surface area contributed by atoms with E-state index in [-0.39, 0.29) is 0 Å². The summed E-state index contributed by atoms with van der Waals surface area (Å²) in [6.45, 7) is 6.81. The third-order valence-electron chi connectivity index (χ3n) is 2.96. The first kappa shape index (κ1) is 8.70. The molecule has 2 nitrogen and oxygen atoms in total. The van der Waals surface area contributed by atoms with Crippen molar-refractivity contribution in [2.45, 2.75) is 19.8 Å². The van der Waals surface area contributed by atoms with E-state index in [1.165, 1.54) is 5.56 Å². The number of rotatable bonds is 1. The van der Waals surface area contributed by atoms with Gasteiger partial charge in [0.05, 0.1) is 0 Å². The van der Waals surface area contributed by atoms with Crippen LogP contribution in [-0.4, -0.2) is 18.1 Å². The molecule has 2 rings (SSSR count). The van der Waals surface area contributed by atoms with Gasteiger partial charge in [-0.2, -0.15) is 0 Å². The molecule has 2 heterocycles. The summed E-state index contributed by atoms with van der Waals surface area (Å²) in [7, 11) is 0. The van der Waals surface area contributed by atoms with Crippen molar-refractivity contribution in [2.24, 2.45) is 5.41 Å². The lowest BCUT2D eigenvalue weighted by molar-refractivity contribution is 0.362. The summed E-state index contributed by atoms with van der Waals surface area (Å²) in [6.07, 6.45) is 3.82. The van der Waals surface area contributed by atoms with Gasteiger partial charge in [-0.05, 0) is 17.0 Å². The van der Waals surface area contributed by atoms with Crippen molar-refractivity contribution in [3.8, 4) is 0 Å². The highest BCUT2D eigenvalue weighted by atomic mass is 14.9. The predicted molar refractivity (Wildman–Crippen MR) is 53.6 cm³/mol. The molecule has 70 valence electrons. The average Bonchev–Trinajstić information content (AvgIpc) is 2.47. The Morgan fingerprint density at radius 2 is 2.38 bits per heavy atom. The average molecular weight is 176 g/mol. The van der Waals surface area contributed by atoms with Crippen molar-refractivity contribution in [2.75, 3.05) is 13.1 Å². The maximum absolute atomic E-state index is 4.17. The van der Waals surface area contributed by atoms with Crippen molar-refractivity contribution >= 4 is 0 Å². The zero-order valence-corrected chi connectivity index (χ0v) is 8.25. The molecule has 0 saturated carbocycles. The summed E-state index contributed by atoms with van der Waals surface area (Å²) in [6, 6.07) is 4.19. The molecule has 0 aliphatic carbocycles. The van der Waals surface area contributed by atoms with E-state index in [0.29, 0.717) is 11.3 Å². The van der Waals surface area contributed by atoms with E-state index in [0.717, 1.165) is 13.1 Å². The number of pyridine rings is 1. The first-order valence-corrected chi connectivity index (χ1v) is 4.81. The largest absolute Gasteiger partial charge is 0.316 e. The Hall–Kier alpha value is -0.890. The van der Waals surface area contributed by atoms with Crippen LogP contribution in [0, 0.1) is 5.41 Å². The minimum atomic E-state index is 0.364. The molecule has 1 aromatic rings. The minimum absolute atomic E-state index is 0.364. The zero-order valence-electron chi connectivity index (χ0n) is 8.25. The van der Waals surface area contributed by atoms with Gasteiger partial charge >= 0.3 is 0 Å². The molecule has 0 spiro atoms. The molecule has 0 aromatic carbocycles. The summed E-state index contributed by atoms with van der Waals surface area (Å²) in [5.74, 6) is 0.612. The molecule has 1 fully saturated rings. The fourth-order valence-corrected chi connectivity index (χ4v) is 2.09. The normalized spacial score (nSPS) is 26.2. The van der Waals surface area contributed by atoms with E-state index in [9.17, 15) is 0 Å². The number of aromatic nitrogens is 1. The molecule has 1 aromatic heterocycles. The molecule has 0 bridgehead atoms. The van der Waals surface area contributed by atoms with E-state index in [4.69, 9.17) is 0 Å². The molecular formula is C11H16N2. The van der Waals surface area contributed by atoms with Crippen molar-refractivity contribution in [3.05, 3.63) is 30.1 Å². The SMILES string of the molecule is CC1(C)CNCC1c1cccnc1. The van der Waals surface area contributed by atoms with Crippen LogP contribution in [0.3, 0.4) is 0 Å². The highest BCUT2D eigenvalue weighted by molar-refractivity contribution is 5.20. The standard InChI is InChI=1S/C11H16N2/c1-11(2)8-13-7-10(11)9-4-3-5-12-6-9/h3-6,10,13H,7-8H2,1-2H3. The second-order valence-electron chi connectivity index (χ2n) is 4.46. The second kappa shape index (κ2) is 3.11. The molecule has 0 amide bonds. The third kappa shape index (κ3) is 1.59. The first-order chi connectivity index (χ1) is 6.20. The maximum Gasteiger partial charge on any atom is 0.0303 e. The summed E-state index contributed by atoms with van der Waals surface area (Å²) in [5, 5.41) is 3.43. The number of hydrogen-bond donors (Lipinski definition) is 1. The van der Waals surface area contributed by atoms with Crippen LogP contribution in [0.1, 0.15) is 25.3 Å². The molecule has 13 heavy (non-hydrogen) atoms. The van der Waals surface area contributed by atoms with Crippen molar-refractivity contribution < 1.29 is 0 Å². The highest BCUT2D eigenvalue weighted by Gasteiger charge is 2.35. The fraction of sp³-hybridized carbons (Fsp3) is 0.545. The van der Waals surface area contributed by atoms with Crippen molar-refractivity contribution in [1.82, 2.24) is 10.3 Å². The Morgan fingerprint density at radius 3 is 2.92 bits per heavy atom. The van der Waals surface area contributed by atoms with Crippen molar-refractivity contribution in [3.63, 3.8) is 0 Å². The van der Waals surface area contributed by atoms with Crippen molar-refractivity contribution in [1.29, 1.82) is 0 Å². The first-order valence-electron chi connectivity index (χ1n) is 4.81. The van der Waals surface area contributed by atoms with Gasteiger partial charge in [-0.3, -0.25) is 4.98 Å². The minimum Gasteiger partial charge on any atom is -0.316 e. The van der Waals surface area contributed by atoms with Gasteiger partial charge < -0.3 is 5.32 Å². The molecule has 1 N–H and O–H groups in total. The smallest absolute Gasteiger partial charge is 0.0303 e. The lowest BCUT2D eigenvalue weighted by Gasteiger charge is -2.25. The van der Waals surface area contributed by atoms with E-state index in [1.54, 1.807) is 0 Å². The van der Waals surface area contributed by atoms with E-state index in [1.807, 2.05) is 18.5 Å². The molecule has 1 atom stereocenters. The molecular weight excluding hydrogens is 160 g/mol. The summed E-state index contributed by atoms with van der Waals surface area (Å²) in [5.41, 5.74) is 1.72.